The Morgan fingerprint density at radius 3 is 2.40 bits per heavy atom. The van der Waals surface area contributed by atoms with Crippen LogP contribution in [0.2, 0.25) is 0 Å². The lowest BCUT2D eigenvalue weighted by molar-refractivity contribution is -0.120. The number of nitrogens with one attached hydrogen (secondary N) is 2. The van der Waals surface area contributed by atoms with Crippen molar-refractivity contribution >= 4 is 11.8 Å². The Bertz CT molecular complexity index is 459. The van der Waals surface area contributed by atoms with E-state index in [0.29, 0.717) is 12.5 Å². The smallest absolute Gasteiger partial charge is 0.254 e. The molecule has 2 amide bonds. The summed E-state index contributed by atoms with van der Waals surface area (Å²) in [7, 11) is 0. The van der Waals surface area contributed by atoms with E-state index in [1.165, 1.54) is 18.2 Å². The first-order valence-corrected chi connectivity index (χ1v) is 6.87. The fourth-order valence-electron chi connectivity index (χ4n) is 1.80. The molecule has 0 saturated carbocycles. The lowest BCUT2D eigenvalue weighted by Gasteiger charge is -2.13. The minimum absolute atomic E-state index is 0.0553. The number of hydrogen-bond donors (Lipinski definition) is 2. The molecule has 0 bridgehead atoms. The lowest BCUT2D eigenvalue weighted by atomic mass is 10.0. The molecule has 0 aliphatic heterocycles. The first kappa shape index (κ1) is 16.1. The van der Waals surface area contributed by atoms with E-state index in [2.05, 4.69) is 24.5 Å². The Labute approximate surface area is 118 Å². The molecule has 110 valence electrons. The van der Waals surface area contributed by atoms with Crippen molar-refractivity contribution < 1.29 is 14.0 Å². The van der Waals surface area contributed by atoms with Crippen LogP contribution in [-0.2, 0) is 4.79 Å². The van der Waals surface area contributed by atoms with Gasteiger partial charge in [0, 0.05) is 6.54 Å². The Morgan fingerprint density at radius 1 is 1.15 bits per heavy atom. The fourth-order valence-corrected chi connectivity index (χ4v) is 1.80. The van der Waals surface area contributed by atoms with E-state index in [0.717, 1.165) is 12.8 Å². The van der Waals surface area contributed by atoms with Gasteiger partial charge in [0.05, 0.1) is 12.1 Å². The van der Waals surface area contributed by atoms with Gasteiger partial charge in [-0.1, -0.05) is 38.8 Å². The predicted molar refractivity (Wildman–Crippen MR) is 75.8 cm³/mol. The average Bonchev–Trinajstić information content (AvgIpc) is 2.46. The van der Waals surface area contributed by atoms with Crippen LogP contribution in [0.5, 0.6) is 0 Å². The second-order valence-corrected chi connectivity index (χ2v) is 4.65. The number of halogens is 1. The molecule has 0 fully saturated rings. The molecule has 0 unspecified atom stereocenters. The van der Waals surface area contributed by atoms with Gasteiger partial charge in [-0.3, -0.25) is 9.59 Å². The van der Waals surface area contributed by atoms with Crippen LogP contribution < -0.4 is 10.6 Å². The van der Waals surface area contributed by atoms with Crippen molar-refractivity contribution in [2.45, 2.75) is 26.7 Å². The average molecular weight is 280 g/mol. The summed E-state index contributed by atoms with van der Waals surface area (Å²) in [5.74, 6) is -0.994. The first-order valence-electron chi connectivity index (χ1n) is 6.87. The largest absolute Gasteiger partial charge is 0.354 e. The minimum atomic E-state index is -0.595. The molecule has 0 radical (unpaired) electrons. The van der Waals surface area contributed by atoms with Gasteiger partial charge in [0.2, 0.25) is 5.91 Å². The molecule has 0 heterocycles. The van der Waals surface area contributed by atoms with Crippen LogP contribution >= 0.6 is 0 Å². The van der Waals surface area contributed by atoms with Crippen LogP contribution in [0, 0.1) is 11.7 Å². The summed E-state index contributed by atoms with van der Waals surface area (Å²) in [6.07, 6.45) is 2.00. The van der Waals surface area contributed by atoms with Crippen molar-refractivity contribution in [3.63, 3.8) is 0 Å². The third-order valence-electron chi connectivity index (χ3n) is 3.27. The summed E-state index contributed by atoms with van der Waals surface area (Å²) in [6, 6.07) is 5.68. The van der Waals surface area contributed by atoms with Gasteiger partial charge in [0.25, 0.3) is 5.91 Å². The van der Waals surface area contributed by atoms with Gasteiger partial charge >= 0.3 is 0 Å². The van der Waals surface area contributed by atoms with Crippen molar-refractivity contribution in [2.24, 2.45) is 5.92 Å². The maximum absolute atomic E-state index is 13.3. The number of benzene rings is 1. The molecule has 1 aromatic carbocycles. The van der Waals surface area contributed by atoms with Gasteiger partial charge < -0.3 is 10.6 Å². The van der Waals surface area contributed by atoms with Crippen molar-refractivity contribution in [1.82, 2.24) is 10.6 Å². The zero-order valence-corrected chi connectivity index (χ0v) is 11.9. The van der Waals surface area contributed by atoms with Gasteiger partial charge in [0.1, 0.15) is 5.82 Å². The van der Waals surface area contributed by atoms with Crippen LogP contribution in [0.25, 0.3) is 0 Å². The highest BCUT2D eigenvalue weighted by molar-refractivity contribution is 5.96. The lowest BCUT2D eigenvalue weighted by Crippen LogP contribution is -2.39. The number of carbonyl (C=O) groups excluding carboxylic acids is 2. The Hall–Kier alpha value is -1.91. The topological polar surface area (TPSA) is 58.2 Å². The van der Waals surface area contributed by atoms with E-state index in [1.54, 1.807) is 6.07 Å². The van der Waals surface area contributed by atoms with Gasteiger partial charge in [-0.2, -0.15) is 0 Å². The minimum Gasteiger partial charge on any atom is -0.354 e. The van der Waals surface area contributed by atoms with E-state index in [1.807, 2.05) is 0 Å². The van der Waals surface area contributed by atoms with E-state index in [9.17, 15) is 14.0 Å². The maximum atomic E-state index is 13.3. The van der Waals surface area contributed by atoms with Crippen LogP contribution in [-0.4, -0.2) is 24.9 Å². The van der Waals surface area contributed by atoms with Crippen molar-refractivity contribution in [2.75, 3.05) is 13.1 Å². The normalized spacial score (nSPS) is 10.4. The third-order valence-corrected chi connectivity index (χ3v) is 3.27. The molecule has 1 rings (SSSR count). The van der Waals surface area contributed by atoms with Crippen molar-refractivity contribution in [1.29, 1.82) is 0 Å². The molecule has 5 heteroatoms. The highest BCUT2D eigenvalue weighted by atomic mass is 19.1. The Morgan fingerprint density at radius 2 is 1.80 bits per heavy atom. The van der Waals surface area contributed by atoms with Gasteiger partial charge in [-0.15, -0.1) is 0 Å². The predicted octanol–water partition coefficient (Wildman–Crippen LogP) is 2.11. The van der Waals surface area contributed by atoms with Crippen molar-refractivity contribution in [3.05, 3.63) is 35.6 Å². The molecule has 1 aromatic rings. The molecule has 0 aromatic heterocycles. The van der Waals surface area contributed by atoms with E-state index in [-0.39, 0.29) is 18.0 Å². The Balaban J connectivity index is 2.38. The first-order chi connectivity index (χ1) is 9.58. The highest BCUT2D eigenvalue weighted by Gasteiger charge is 2.12. The van der Waals surface area contributed by atoms with Crippen LogP contribution in [0.15, 0.2) is 24.3 Å². The molecule has 2 N–H and O–H groups in total. The second-order valence-electron chi connectivity index (χ2n) is 4.65. The molecular weight excluding hydrogens is 259 g/mol. The van der Waals surface area contributed by atoms with Gasteiger partial charge in [-0.05, 0) is 18.1 Å². The van der Waals surface area contributed by atoms with Crippen LogP contribution in [0.4, 0.5) is 4.39 Å². The summed E-state index contributed by atoms with van der Waals surface area (Å²) >= 11 is 0. The quantitative estimate of drug-likeness (QED) is 0.803. The third kappa shape index (κ3) is 4.99. The van der Waals surface area contributed by atoms with E-state index < -0.39 is 11.7 Å². The number of amides is 2. The standard InChI is InChI=1S/C15H21FN2O2/c1-3-11(4-2)9-17-14(19)10-18-15(20)12-7-5-6-8-13(12)16/h5-8,11H,3-4,9-10H2,1-2H3,(H,17,19)(H,18,20). The summed E-state index contributed by atoms with van der Waals surface area (Å²) in [4.78, 5) is 23.3. The zero-order valence-electron chi connectivity index (χ0n) is 11.9. The van der Waals surface area contributed by atoms with Crippen LogP contribution in [0.3, 0.4) is 0 Å². The molecule has 0 spiro atoms. The SMILES string of the molecule is CCC(CC)CNC(=O)CNC(=O)c1ccccc1F. The summed E-state index contributed by atoms with van der Waals surface area (Å²) in [5, 5.41) is 5.17. The molecule has 0 aliphatic carbocycles. The zero-order chi connectivity index (χ0) is 15.0. The second kappa shape index (κ2) is 8.30. The molecule has 0 atom stereocenters. The van der Waals surface area contributed by atoms with Crippen molar-refractivity contribution in [3.8, 4) is 0 Å². The highest BCUT2D eigenvalue weighted by Crippen LogP contribution is 2.06. The summed E-state index contributed by atoms with van der Waals surface area (Å²) in [5.41, 5.74) is -0.0553. The number of rotatable bonds is 7. The maximum Gasteiger partial charge on any atom is 0.254 e. The molecule has 20 heavy (non-hydrogen) atoms. The summed E-state index contributed by atoms with van der Waals surface area (Å²) < 4.78 is 13.3. The van der Waals surface area contributed by atoms with Crippen LogP contribution in [0.1, 0.15) is 37.0 Å². The number of carbonyl (C=O) groups is 2. The van der Waals surface area contributed by atoms with E-state index in [4.69, 9.17) is 0 Å². The monoisotopic (exact) mass is 280 g/mol. The molecule has 0 aliphatic rings. The molecular formula is C15H21FN2O2. The van der Waals surface area contributed by atoms with Gasteiger partial charge in [0.15, 0.2) is 0 Å². The molecule has 4 nitrogen and oxygen atoms in total. The molecule has 0 saturated heterocycles. The number of hydrogen-bond acceptors (Lipinski definition) is 2. The van der Waals surface area contributed by atoms with Gasteiger partial charge in [-0.25, -0.2) is 4.39 Å². The Kier molecular flexibility index (Phi) is 6.70. The summed E-state index contributed by atoms with van der Waals surface area (Å²) in [6.45, 7) is 4.59. The van der Waals surface area contributed by atoms with E-state index >= 15 is 0 Å². The fraction of sp³-hybridized carbons (Fsp3) is 0.467.